The molecule has 2 rings (SSSR count). The van der Waals surface area contributed by atoms with E-state index >= 15 is 0 Å². The Morgan fingerprint density at radius 2 is 1.84 bits per heavy atom. The Hall–Kier alpha value is -2.09. The Balaban J connectivity index is 2.41. The molecule has 0 aliphatic heterocycles. The Morgan fingerprint density at radius 3 is 2.38 bits per heavy atom. The van der Waals surface area contributed by atoms with Crippen molar-refractivity contribution in [3.05, 3.63) is 35.5 Å². The average molecular weight is 518 g/mol. The number of rotatable bonds is 14. The number of nitrogens with zero attached hydrogens (tertiary/aromatic N) is 1. The maximum absolute atomic E-state index is 12.5. The highest BCUT2D eigenvalue weighted by Gasteiger charge is 2.40. The molecule has 0 bridgehead atoms. The van der Waals surface area contributed by atoms with Gasteiger partial charge < -0.3 is 25.3 Å². The molecular formula is C30H51N3O4. The van der Waals surface area contributed by atoms with Gasteiger partial charge in [-0.1, -0.05) is 40.7 Å². The van der Waals surface area contributed by atoms with Crippen molar-refractivity contribution < 1.29 is 19.7 Å². The molecule has 1 heterocycles. The van der Waals surface area contributed by atoms with Gasteiger partial charge in [0.25, 0.3) is 0 Å². The van der Waals surface area contributed by atoms with Crippen molar-refractivity contribution in [2.45, 2.75) is 104 Å². The standard InChI is InChI=1S/C30H51N3O4/c1-19(2)24(16-27(28(34)18-31-20(3)4)33(29(35)36)30(6,7)8)21(5)22-12-13-26-25(15-22)23(17-32-26)11-10-14-37-9/h12-13,15,17,19-21,24,27-28,31-32,34H,10-11,14,16,18H2,1-9H3,(H,35,36). The lowest BCUT2D eigenvalue weighted by atomic mass is 9.75. The molecule has 210 valence electrons. The first-order valence-corrected chi connectivity index (χ1v) is 13.8. The summed E-state index contributed by atoms with van der Waals surface area (Å²) in [7, 11) is 1.73. The number of nitrogens with one attached hydrogen (secondary N) is 2. The van der Waals surface area contributed by atoms with E-state index in [4.69, 9.17) is 4.74 Å². The summed E-state index contributed by atoms with van der Waals surface area (Å²) in [6.07, 6.45) is 2.79. The van der Waals surface area contributed by atoms with Gasteiger partial charge in [-0.15, -0.1) is 0 Å². The highest BCUT2D eigenvalue weighted by Crippen LogP contribution is 2.38. The molecule has 7 nitrogen and oxygen atoms in total. The lowest BCUT2D eigenvalue weighted by molar-refractivity contribution is -0.00736. The van der Waals surface area contributed by atoms with Crippen LogP contribution in [0.5, 0.6) is 0 Å². The van der Waals surface area contributed by atoms with Crippen LogP contribution >= 0.6 is 0 Å². The average Bonchev–Trinajstić information content (AvgIpc) is 3.20. The number of carbonyl (C=O) groups is 1. The molecule has 0 fully saturated rings. The van der Waals surface area contributed by atoms with Gasteiger partial charge in [0.1, 0.15) is 0 Å². The zero-order valence-electron chi connectivity index (χ0n) is 24.5. The van der Waals surface area contributed by atoms with Gasteiger partial charge in [0.2, 0.25) is 0 Å². The molecule has 1 aromatic heterocycles. The molecule has 1 amide bonds. The second-order valence-corrected chi connectivity index (χ2v) is 12.2. The number of hydrogen-bond donors (Lipinski definition) is 4. The number of aliphatic hydroxyl groups is 1. The Morgan fingerprint density at radius 1 is 1.16 bits per heavy atom. The van der Waals surface area contributed by atoms with E-state index in [1.807, 2.05) is 34.6 Å². The van der Waals surface area contributed by atoms with Gasteiger partial charge in [-0.2, -0.15) is 0 Å². The van der Waals surface area contributed by atoms with Crippen LogP contribution < -0.4 is 5.32 Å². The third-order valence-corrected chi connectivity index (χ3v) is 7.56. The van der Waals surface area contributed by atoms with Crippen LogP contribution in [-0.2, 0) is 11.2 Å². The van der Waals surface area contributed by atoms with E-state index in [0.29, 0.717) is 18.9 Å². The van der Waals surface area contributed by atoms with Crippen LogP contribution in [0.2, 0.25) is 0 Å². The third-order valence-electron chi connectivity index (χ3n) is 7.56. The van der Waals surface area contributed by atoms with Crippen molar-refractivity contribution in [2.75, 3.05) is 20.3 Å². The zero-order valence-corrected chi connectivity index (χ0v) is 24.5. The van der Waals surface area contributed by atoms with E-state index in [1.165, 1.54) is 21.4 Å². The van der Waals surface area contributed by atoms with Crippen LogP contribution in [0.4, 0.5) is 4.79 Å². The second kappa shape index (κ2) is 13.6. The van der Waals surface area contributed by atoms with Crippen LogP contribution in [0.1, 0.15) is 85.3 Å². The predicted molar refractivity (Wildman–Crippen MR) is 152 cm³/mol. The Bertz CT molecular complexity index is 979. The monoisotopic (exact) mass is 517 g/mol. The number of aliphatic hydroxyl groups excluding tert-OH is 1. The van der Waals surface area contributed by atoms with Gasteiger partial charge in [-0.25, -0.2) is 4.79 Å². The van der Waals surface area contributed by atoms with Crippen LogP contribution in [-0.4, -0.2) is 70.2 Å². The van der Waals surface area contributed by atoms with Gasteiger partial charge in [-0.05, 0) is 81.0 Å². The molecule has 37 heavy (non-hydrogen) atoms. The number of amides is 1. The number of carboxylic acid groups (broad SMARTS) is 1. The Kier molecular flexibility index (Phi) is 11.5. The minimum absolute atomic E-state index is 0.177. The van der Waals surface area contributed by atoms with E-state index in [-0.39, 0.29) is 17.9 Å². The summed E-state index contributed by atoms with van der Waals surface area (Å²) in [6, 6.07) is 6.30. The van der Waals surface area contributed by atoms with Crippen LogP contribution in [0.15, 0.2) is 24.4 Å². The Labute approximate surface area is 224 Å². The molecule has 0 aliphatic carbocycles. The molecule has 0 aliphatic rings. The number of ether oxygens (including phenoxy) is 1. The molecule has 0 saturated heterocycles. The van der Waals surface area contributed by atoms with Crippen molar-refractivity contribution in [3.8, 4) is 0 Å². The van der Waals surface area contributed by atoms with E-state index in [1.54, 1.807) is 7.11 Å². The lowest BCUT2D eigenvalue weighted by Crippen LogP contribution is -2.58. The summed E-state index contributed by atoms with van der Waals surface area (Å²) in [5.41, 5.74) is 3.02. The van der Waals surface area contributed by atoms with Crippen molar-refractivity contribution in [1.29, 1.82) is 0 Å². The highest BCUT2D eigenvalue weighted by atomic mass is 16.5. The smallest absolute Gasteiger partial charge is 0.408 e. The summed E-state index contributed by atoms with van der Waals surface area (Å²) in [5, 5.41) is 26.0. The second-order valence-electron chi connectivity index (χ2n) is 12.2. The number of aromatic amines is 1. The van der Waals surface area contributed by atoms with Crippen LogP contribution in [0.3, 0.4) is 0 Å². The molecule has 2 aromatic rings. The van der Waals surface area contributed by atoms with E-state index < -0.39 is 23.8 Å². The van der Waals surface area contributed by atoms with Crippen LogP contribution in [0.25, 0.3) is 10.9 Å². The van der Waals surface area contributed by atoms with E-state index in [9.17, 15) is 15.0 Å². The first kappa shape index (κ1) is 31.1. The minimum atomic E-state index is -0.995. The van der Waals surface area contributed by atoms with E-state index in [2.05, 4.69) is 55.5 Å². The summed E-state index contributed by atoms with van der Waals surface area (Å²) in [4.78, 5) is 17.3. The minimum Gasteiger partial charge on any atom is -0.465 e. The molecule has 7 heteroatoms. The SMILES string of the molecule is COCCCc1c[nH]c2ccc(C(C)C(CC(C(O)CNC(C)C)N(C(=O)O)C(C)(C)C)C(C)C)cc12. The van der Waals surface area contributed by atoms with Crippen molar-refractivity contribution in [1.82, 2.24) is 15.2 Å². The molecule has 0 saturated carbocycles. The third kappa shape index (κ3) is 8.45. The van der Waals surface area contributed by atoms with Gasteiger partial charge in [-0.3, -0.25) is 4.90 Å². The topological polar surface area (TPSA) is 97.8 Å². The number of methoxy groups -OCH3 is 1. The van der Waals surface area contributed by atoms with Gasteiger partial charge >= 0.3 is 6.09 Å². The molecule has 1 aromatic carbocycles. The number of aromatic nitrogens is 1. The quantitative estimate of drug-likeness (QED) is 0.230. The molecule has 4 unspecified atom stereocenters. The number of benzene rings is 1. The maximum atomic E-state index is 12.5. The fourth-order valence-electron chi connectivity index (χ4n) is 5.53. The number of aryl methyl sites for hydroxylation is 1. The number of hydrogen-bond acceptors (Lipinski definition) is 4. The van der Waals surface area contributed by atoms with Gasteiger partial charge in [0.05, 0.1) is 12.1 Å². The summed E-state index contributed by atoms with van der Waals surface area (Å²) < 4.78 is 5.24. The number of fused-ring (bicyclic) bond motifs is 1. The summed E-state index contributed by atoms with van der Waals surface area (Å²) >= 11 is 0. The fraction of sp³-hybridized carbons (Fsp3) is 0.700. The first-order valence-electron chi connectivity index (χ1n) is 13.8. The molecule has 4 atom stereocenters. The van der Waals surface area contributed by atoms with Gasteiger partial charge in [0, 0.05) is 48.9 Å². The maximum Gasteiger partial charge on any atom is 0.408 e. The van der Waals surface area contributed by atoms with Crippen molar-refractivity contribution in [3.63, 3.8) is 0 Å². The van der Waals surface area contributed by atoms with Crippen molar-refractivity contribution >= 4 is 17.0 Å². The number of H-pyrrole nitrogens is 1. The largest absolute Gasteiger partial charge is 0.465 e. The van der Waals surface area contributed by atoms with Gasteiger partial charge in [0.15, 0.2) is 0 Å². The molecule has 0 spiro atoms. The normalized spacial score (nSPS) is 15.8. The first-order chi connectivity index (χ1) is 17.3. The predicted octanol–water partition coefficient (Wildman–Crippen LogP) is 6.02. The fourth-order valence-corrected chi connectivity index (χ4v) is 5.53. The molecular weight excluding hydrogens is 466 g/mol. The lowest BCUT2D eigenvalue weighted by Gasteiger charge is -2.44. The van der Waals surface area contributed by atoms with Crippen molar-refractivity contribution in [2.24, 2.45) is 11.8 Å². The highest BCUT2D eigenvalue weighted by molar-refractivity contribution is 5.84. The molecule has 4 N–H and O–H groups in total. The zero-order chi connectivity index (χ0) is 27.9. The van der Waals surface area contributed by atoms with E-state index in [0.717, 1.165) is 25.0 Å². The molecule has 0 radical (unpaired) electrons. The summed E-state index contributed by atoms with van der Waals surface area (Å²) in [6.45, 7) is 17.5. The summed E-state index contributed by atoms with van der Waals surface area (Å²) in [5.74, 6) is 0.673. The van der Waals surface area contributed by atoms with Crippen LogP contribution in [0, 0.1) is 11.8 Å².